The van der Waals surface area contributed by atoms with Crippen molar-refractivity contribution < 1.29 is 0 Å². The molecule has 1 N–H and O–H groups in total. The van der Waals surface area contributed by atoms with Gasteiger partial charge in [0.1, 0.15) is 0 Å². The summed E-state index contributed by atoms with van der Waals surface area (Å²) in [6.07, 6.45) is 24.4. The van der Waals surface area contributed by atoms with Crippen molar-refractivity contribution in [3.63, 3.8) is 0 Å². The molecule has 4 aliphatic rings. The third-order valence-corrected chi connectivity index (χ3v) is 7.24. The van der Waals surface area contributed by atoms with Gasteiger partial charge in [-0.1, -0.05) is 57.9 Å². The van der Waals surface area contributed by atoms with Crippen LogP contribution in [0.2, 0.25) is 0 Å². The van der Waals surface area contributed by atoms with Crippen LogP contribution in [-0.2, 0) is 0 Å². The first-order valence-corrected chi connectivity index (χ1v) is 12.5. The molecule has 166 valence electrons. The van der Waals surface area contributed by atoms with Crippen molar-refractivity contribution in [2.75, 3.05) is 6.54 Å². The summed E-state index contributed by atoms with van der Waals surface area (Å²) in [5.41, 5.74) is 6.78. The first-order valence-electron chi connectivity index (χ1n) is 12.5. The molecule has 0 radical (unpaired) electrons. The molecule has 31 heavy (non-hydrogen) atoms. The molecule has 0 aromatic heterocycles. The van der Waals surface area contributed by atoms with E-state index in [9.17, 15) is 0 Å². The molecule has 0 aromatic carbocycles. The van der Waals surface area contributed by atoms with Crippen LogP contribution in [0.25, 0.3) is 0 Å². The van der Waals surface area contributed by atoms with Crippen LogP contribution >= 0.6 is 0 Å². The summed E-state index contributed by atoms with van der Waals surface area (Å²) < 4.78 is 0. The van der Waals surface area contributed by atoms with Crippen LogP contribution in [0.15, 0.2) is 69.0 Å². The zero-order valence-electron chi connectivity index (χ0n) is 19.8. The summed E-state index contributed by atoms with van der Waals surface area (Å²) in [5, 5.41) is 3.98. The number of fused-ring (bicyclic) bond motifs is 3. The number of nitrogens with one attached hydrogen (secondary N) is 1. The molecular formula is C28H39N3. The van der Waals surface area contributed by atoms with E-state index in [0.29, 0.717) is 5.92 Å². The lowest BCUT2D eigenvalue weighted by molar-refractivity contribution is 0.513. The third-order valence-electron chi connectivity index (χ3n) is 7.24. The minimum atomic E-state index is 0.0250. The van der Waals surface area contributed by atoms with Crippen LogP contribution in [0.3, 0.4) is 0 Å². The van der Waals surface area contributed by atoms with Crippen molar-refractivity contribution in [2.24, 2.45) is 27.7 Å². The van der Waals surface area contributed by atoms with Crippen molar-refractivity contribution in [1.82, 2.24) is 5.32 Å². The van der Waals surface area contributed by atoms with Gasteiger partial charge in [0.15, 0.2) is 0 Å². The smallest absolute Gasteiger partial charge is 0.0833 e. The lowest BCUT2D eigenvalue weighted by Crippen LogP contribution is -2.44. The number of hydrogen-bond donors (Lipinski definition) is 1. The van der Waals surface area contributed by atoms with E-state index in [1.54, 1.807) is 5.57 Å². The van der Waals surface area contributed by atoms with E-state index < -0.39 is 0 Å². The van der Waals surface area contributed by atoms with E-state index in [-0.39, 0.29) is 11.5 Å². The van der Waals surface area contributed by atoms with Crippen LogP contribution in [0.5, 0.6) is 0 Å². The fourth-order valence-corrected chi connectivity index (χ4v) is 5.54. The molecule has 1 saturated carbocycles. The molecule has 4 rings (SSSR count). The van der Waals surface area contributed by atoms with Crippen LogP contribution in [0.1, 0.15) is 72.6 Å². The minimum absolute atomic E-state index is 0.0250. The Bertz CT molecular complexity index is 889. The van der Waals surface area contributed by atoms with E-state index in [1.165, 1.54) is 48.2 Å². The fraction of sp³-hybridized carbons (Fsp3) is 0.571. The van der Waals surface area contributed by atoms with Gasteiger partial charge in [0, 0.05) is 42.9 Å². The van der Waals surface area contributed by atoms with Gasteiger partial charge in [-0.3, -0.25) is 9.98 Å². The van der Waals surface area contributed by atoms with Crippen LogP contribution in [0.4, 0.5) is 0 Å². The molecule has 1 aliphatic heterocycles. The summed E-state index contributed by atoms with van der Waals surface area (Å²) in [7, 11) is 0. The van der Waals surface area contributed by atoms with E-state index in [4.69, 9.17) is 4.99 Å². The van der Waals surface area contributed by atoms with Gasteiger partial charge >= 0.3 is 0 Å². The topological polar surface area (TPSA) is 36.8 Å². The second kappa shape index (κ2) is 9.54. The second-order valence-electron chi connectivity index (χ2n) is 9.50. The molecule has 3 aliphatic carbocycles. The summed E-state index contributed by atoms with van der Waals surface area (Å²) in [5.74, 6) is 1.58. The zero-order valence-corrected chi connectivity index (χ0v) is 19.8. The second-order valence-corrected chi connectivity index (χ2v) is 9.50. The normalized spacial score (nSPS) is 29.0. The lowest BCUT2D eigenvalue weighted by Gasteiger charge is -2.29. The van der Waals surface area contributed by atoms with Crippen molar-refractivity contribution in [3.05, 3.63) is 59.0 Å². The van der Waals surface area contributed by atoms with Gasteiger partial charge in [0.25, 0.3) is 0 Å². The Labute approximate surface area is 188 Å². The molecule has 3 unspecified atom stereocenters. The van der Waals surface area contributed by atoms with E-state index in [2.05, 4.69) is 74.6 Å². The fourth-order valence-electron chi connectivity index (χ4n) is 5.54. The molecule has 3 atom stereocenters. The van der Waals surface area contributed by atoms with Gasteiger partial charge in [-0.15, -0.1) is 0 Å². The number of rotatable bonds is 11. The maximum Gasteiger partial charge on any atom is 0.0833 e. The summed E-state index contributed by atoms with van der Waals surface area (Å²) in [6.45, 7) is 9.76. The molecule has 0 aromatic rings. The standard InChI is InChI=1S/C28H39N3/c1-5-9-21(10-6-2)22-11-13-24(16-22)31-28-17-23(28)12-14-25-26(19-30-27(25)28)20(8-4)18-29-15-7-3/h8,11-12,14,16,18-19,21,23,25,31H,5-7,9-10,13,15,17H2,1-4H3/b20-8+,29-18?. The Balaban J connectivity index is 1.47. The van der Waals surface area contributed by atoms with Gasteiger partial charge in [-0.05, 0) is 61.3 Å². The van der Waals surface area contributed by atoms with Crippen LogP contribution in [-0.4, -0.2) is 24.0 Å². The molecule has 1 fully saturated rings. The summed E-state index contributed by atoms with van der Waals surface area (Å²) in [6, 6.07) is 0. The first-order chi connectivity index (χ1) is 15.2. The van der Waals surface area contributed by atoms with Crippen molar-refractivity contribution >= 4 is 11.9 Å². The maximum atomic E-state index is 4.98. The number of nitrogens with zero attached hydrogens (tertiary/aromatic N) is 2. The highest BCUT2D eigenvalue weighted by Crippen LogP contribution is 2.54. The monoisotopic (exact) mass is 417 g/mol. The Morgan fingerprint density at radius 2 is 2.03 bits per heavy atom. The summed E-state index contributed by atoms with van der Waals surface area (Å²) in [4.78, 5) is 9.57. The largest absolute Gasteiger partial charge is 0.377 e. The molecule has 3 nitrogen and oxygen atoms in total. The molecule has 0 amide bonds. The van der Waals surface area contributed by atoms with Gasteiger partial charge in [0.05, 0.1) is 11.3 Å². The molecule has 0 bridgehead atoms. The Kier molecular flexibility index (Phi) is 6.79. The van der Waals surface area contributed by atoms with E-state index >= 15 is 0 Å². The summed E-state index contributed by atoms with van der Waals surface area (Å²) >= 11 is 0. The molecule has 3 heteroatoms. The van der Waals surface area contributed by atoms with Crippen LogP contribution in [0, 0.1) is 17.8 Å². The number of allylic oxidation sites excluding steroid dienone is 7. The quantitative estimate of drug-likeness (QED) is 0.294. The predicted molar refractivity (Wildman–Crippen MR) is 134 cm³/mol. The average molecular weight is 418 g/mol. The Morgan fingerprint density at radius 3 is 2.74 bits per heavy atom. The predicted octanol–water partition coefficient (Wildman–Crippen LogP) is 6.72. The van der Waals surface area contributed by atoms with Crippen molar-refractivity contribution in [2.45, 2.75) is 78.2 Å². The molecule has 0 spiro atoms. The van der Waals surface area contributed by atoms with E-state index in [1.807, 2.05) is 6.21 Å². The minimum Gasteiger partial charge on any atom is -0.377 e. The Morgan fingerprint density at radius 1 is 1.23 bits per heavy atom. The first kappa shape index (κ1) is 22.0. The highest BCUT2D eigenvalue weighted by atomic mass is 15.1. The number of hydrogen-bond acceptors (Lipinski definition) is 3. The third kappa shape index (κ3) is 4.29. The van der Waals surface area contributed by atoms with Crippen LogP contribution < -0.4 is 5.32 Å². The number of aliphatic imine (C=N–C) groups is 2. The Hall–Kier alpha value is -2.16. The van der Waals surface area contributed by atoms with E-state index in [0.717, 1.165) is 31.7 Å². The molecule has 1 heterocycles. The average Bonchev–Trinajstić information content (AvgIpc) is 3.09. The molecular weight excluding hydrogens is 378 g/mol. The SMILES string of the molecule is C/C=C(\C=NCCC)C1=CN=C2C1C=CC1CC21NC1=CC(C(CCC)CCC)=CC1. The highest BCUT2D eigenvalue weighted by Gasteiger charge is 2.61. The van der Waals surface area contributed by atoms with Gasteiger partial charge in [-0.2, -0.15) is 0 Å². The van der Waals surface area contributed by atoms with Crippen molar-refractivity contribution in [1.29, 1.82) is 0 Å². The van der Waals surface area contributed by atoms with Gasteiger partial charge < -0.3 is 5.32 Å². The molecule has 0 saturated heterocycles. The zero-order chi connectivity index (χ0) is 21.8. The highest BCUT2D eigenvalue weighted by molar-refractivity contribution is 6.07. The van der Waals surface area contributed by atoms with Gasteiger partial charge in [-0.25, -0.2) is 0 Å². The van der Waals surface area contributed by atoms with Crippen molar-refractivity contribution in [3.8, 4) is 0 Å². The maximum absolute atomic E-state index is 4.98. The van der Waals surface area contributed by atoms with Gasteiger partial charge in [0.2, 0.25) is 0 Å². The lowest BCUT2D eigenvalue weighted by atomic mass is 9.82.